The molecule has 5 aliphatic carbocycles. The first kappa shape index (κ1) is 34.3. The summed E-state index contributed by atoms with van der Waals surface area (Å²) in [6, 6.07) is 0. The van der Waals surface area contributed by atoms with Crippen LogP contribution in [-0.4, -0.2) is 97.7 Å². The van der Waals surface area contributed by atoms with E-state index in [9.17, 15) is 45.3 Å². The van der Waals surface area contributed by atoms with E-state index < -0.39 is 70.4 Å². The van der Waals surface area contributed by atoms with Crippen LogP contribution in [0.1, 0.15) is 92.4 Å². The second-order valence-electron chi connectivity index (χ2n) is 17.1. The van der Waals surface area contributed by atoms with Crippen LogP contribution in [0.3, 0.4) is 0 Å². The summed E-state index contributed by atoms with van der Waals surface area (Å²) in [5.74, 6) is -2.05. The van der Waals surface area contributed by atoms with E-state index in [2.05, 4.69) is 26.8 Å². The van der Waals surface area contributed by atoms with Gasteiger partial charge in [-0.05, 0) is 98.7 Å². The summed E-state index contributed by atoms with van der Waals surface area (Å²) in [6.45, 7) is 9.93. The lowest BCUT2D eigenvalue weighted by Crippen LogP contribution is -2.69. The molecule has 6 aliphatic rings. The van der Waals surface area contributed by atoms with Crippen LogP contribution in [0.25, 0.3) is 0 Å². The lowest BCUT2D eigenvalue weighted by atomic mass is 9.33. The van der Waals surface area contributed by atoms with Crippen LogP contribution in [0, 0.1) is 50.2 Å². The van der Waals surface area contributed by atoms with Crippen molar-refractivity contribution in [1.82, 2.24) is 0 Å². The Morgan fingerprint density at radius 2 is 1.54 bits per heavy atom. The molecule has 0 unspecified atom stereocenters. The largest absolute Gasteiger partial charge is 0.481 e. The number of carboxylic acid groups (broad SMARTS) is 2. The summed E-state index contributed by atoms with van der Waals surface area (Å²) in [5, 5.41) is 74.3. The second kappa shape index (κ2) is 11.0. The van der Waals surface area contributed by atoms with Crippen LogP contribution < -0.4 is 0 Å². The molecule has 0 aromatic carbocycles. The van der Waals surface area contributed by atoms with Gasteiger partial charge in [0.1, 0.15) is 18.3 Å². The number of carboxylic acids is 2. The molecule has 0 aromatic heterocycles. The molecular formula is C35H54O11. The van der Waals surface area contributed by atoms with Crippen molar-refractivity contribution < 1.29 is 54.8 Å². The first-order chi connectivity index (χ1) is 21.3. The second-order valence-corrected chi connectivity index (χ2v) is 17.1. The van der Waals surface area contributed by atoms with Gasteiger partial charge in [0.05, 0.1) is 36.3 Å². The number of aliphatic hydroxyl groups excluding tert-OH is 5. The van der Waals surface area contributed by atoms with Crippen molar-refractivity contribution in [2.75, 3.05) is 13.2 Å². The molecular weight excluding hydrogens is 596 g/mol. The maximum Gasteiger partial charge on any atom is 0.310 e. The monoisotopic (exact) mass is 650 g/mol. The van der Waals surface area contributed by atoms with E-state index in [1.54, 1.807) is 6.92 Å². The van der Waals surface area contributed by atoms with Crippen molar-refractivity contribution in [1.29, 1.82) is 0 Å². The van der Waals surface area contributed by atoms with Crippen molar-refractivity contribution in [2.24, 2.45) is 50.2 Å². The average Bonchev–Trinajstić information content (AvgIpc) is 2.99. The highest BCUT2D eigenvalue weighted by Crippen LogP contribution is 2.76. The minimum Gasteiger partial charge on any atom is -0.481 e. The van der Waals surface area contributed by atoms with Crippen LogP contribution in [0.4, 0.5) is 0 Å². The lowest BCUT2D eigenvalue weighted by molar-refractivity contribution is -0.328. The zero-order chi connectivity index (χ0) is 33.8. The molecule has 0 radical (unpaired) electrons. The first-order valence-electron chi connectivity index (χ1n) is 17.1. The third-order valence-electron chi connectivity index (χ3n) is 15.1. The van der Waals surface area contributed by atoms with Crippen LogP contribution >= 0.6 is 0 Å². The maximum atomic E-state index is 13.0. The van der Waals surface area contributed by atoms with Gasteiger partial charge in [-0.25, -0.2) is 0 Å². The van der Waals surface area contributed by atoms with Crippen LogP contribution in [0.15, 0.2) is 11.6 Å². The Morgan fingerprint density at radius 3 is 2.17 bits per heavy atom. The van der Waals surface area contributed by atoms with Crippen LogP contribution in [0.2, 0.25) is 0 Å². The molecule has 4 saturated carbocycles. The number of rotatable bonds is 5. The van der Waals surface area contributed by atoms with Gasteiger partial charge in [0.15, 0.2) is 6.29 Å². The predicted octanol–water partition coefficient (Wildman–Crippen LogP) is 2.70. The van der Waals surface area contributed by atoms with Crippen molar-refractivity contribution in [2.45, 2.75) is 129 Å². The molecule has 46 heavy (non-hydrogen) atoms. The number of hydrogen-bond donors (Lipinski definition) is 7. The highest BCUT2D eigenvalue weighted by Gasteiger charge is 2.71. The number of ether oxygens (including phenoxy) is 2. The molecule has 0 amide bonds. The molecule has 0 spiro atoms. The first-order valence-corrected chi connectivity index (χ1v) is 17.1. The number of aliphatic hydroxyl groups is 5. The Labute approximate surface area is 271 Å². The number of aliphatic carboxylic acids is 2. The molecule has 0 bridgehead atoms. The van der Waals surface area contributed by atoms with Gasteiger partial charge in [-0.2, -0.15) is 0 Å². The molecule has 1 aliphatic heterocycles. The van der Waals surface area contributed by atoms with E-state index in [0.29, 0.717) is 44.9 Å². The van der Waals surface area contributed by atoms with Gasteiger partial charge in [-0.15, -0.1) is 0 Å². The smallest absolute Gasteiger partial charge is 0.310 e. The summed E-state index contributed by atoms with van der Waals surface area (Å²) in [5.41, 5.74) is -2.84. The van der Waals surface area contributed by atoms with Gasteiger partial charge in [-0.3, -0.25) is 9.59 Å². The molecule has 11 nitrogen and oxygen atoms in total. The molecule has 6 rings (SSSR count). The maximum absolute atomic E-state index is 13.0. The topological polar surface area (TPSA) is 194 Å². The van der Waals surface area contributed by atoms with Gasteiger partial charge in [0.25, 0.3) is 0 Å². The van der Waals surface area contributed by atoms with E-state index in [1.807, 2.05) is 6.92 Å². The predicted molar refractivity (Wildman–Crippen MR) is 164 cm³/mol. The Bertz CT molecular complexity index is 1290. The number of allylic oxidation sites excluding steroid dienone is 2. The molecule has 15 atom stereocenters. The van der Waals surface area contributed by atoms with E-state index in [0.717, 1.165) is 18.4 Å². The SMILES string of the molecule is C[C@]1(C(=O)O)CC[C@]2(C(=O)O)CC[C@]3(C)C(=CC[C@@H]4[C@@]5(C)C[C@H](O)[C@H](O[C@H]6OC[C@H](O)[C@@H](O)[C@@H]6O)[C@@](C)(CO)[C@H]5CC[C@]43C)[C@@H]2C1. The third-order valence-corrected chi connectivity index (χ3v) is 15.1. The van der Waals surface area contributed by atoms with E-state index in [4.69, 9.17) is 9.47 Å². The van der Waals surface area contributed by atoms with Gasteiger partial charge < -0.3 is 45.2 Å². The lowest BCUT2D eigenvalue weighted by Gasteiger charge is -2.71. The zero-order valence-electron chi connectivity index (χ0n) is 27.8. The van der Waals surface area contributed by atoms with E-state index in [1.165, 1.54) is 0 Å². The fraction of sp³-hybridized carbons (Fsp3) is 0.886. The Morgan fingerprint density at radius 1 is 0.870 bits per heavy atom. The Hall–Kier alpha value is -1.60. The minimum atomic E-state index is -1.52. The quantitative estimate of drug-likeness (QED) is 0.171. The third kappa shape index (κ3) is 4.41. The van der Waals surface area contributed by atoms with Gasteiger partial charge in [0.2, 0.25) is 0 Å². The number of fused-ring (bicyclic) bond motifs is 7. The average molecular weight is 651 g/mol. The Balaban J connectivity index is 1.35. The van der Waals surface area contributed by atoms with Crippen molar-refractivity contribution in [3.05, 3.63) is 11.6 Å². The van der Waals surface area contributed by atoms with E-state index in [-0.39, 0.29) is 41.8 Å². The molecule has 1 heterocycles. The van der Waals surface area contributed by atoms with Gasteiger partial charge in [0, 0.05) is 5.41 Å². The fourth-order valence-corrected chi connectivity index (χ4v) is 12.1. The number of hydrogen-bond acceptors (Lipinski definition) is 9. The molecule has 0 aromatic rings. The highest BCUT2D eigenvalue weighted by molar-refractivity contribution is 5.79. The summed E-state index contributed by atoms with van der Waals surface area (Å²) in [7, 11) is 0. The Kier molecular flexibility index (Phi) is 8.16. The minimum absolute atomic E-state index is 0.0713. The fourth-order valence-electron chi connectivity index (χ4n) is 12.1. The summed E-state index contributed by atoms with van der Waals surface area (Å²) >= 11 is 0. The van der Waals surface area contributed by atoms with Crippen LogP contribution in [-0.2, 0) is 19.1 Å². The zero-order valence-corrected chi connectivity index (χ0v) is 27.8. The number of carbonyl (C=O) groups is 2. The van der Waals surface area contributed by atoms with E-state index >= 15 is 0 Å². The molecule has 11 heteroatoms. The van der Waals surface area contributed by atoms with Gasteiger partial charge >= 0.3 is 11.9 Å². The van der Waals surface area contributed by atoms with Crippen LogP contribution in [0.5, 0.6) is 0 Å². The summed E-state index contributed by atoms with van der Waals surface area (Å²) in [4.78, 5) is 25.4. The summed E-state index contributed by atoms with van der Waals surface area (Å²) in [6.07, 6.45) is -0.432. The molecule has 260 valence electrons. The van der Waals surface area contributed by atoms with Crippen molar-refractivity contribution >= 4 is 11.9 Å². The normalized spacial score (nSPS) is 55.2. The standard InChI is InChI=1S/C35H54O11/c1-30(28(41)42)10-12-35(29(43)44)13-11-33(4)18(19(35)14-30)6-7-23-31(2)15-20(37)26(46-27-25(40)24(39)21(38)16-45-27)32(3,17-36)22(31)8-9-34(23,33)5/h6,19-27,36-40H,7-17H2,1-5H3,(H,41,42)(H,43,44)/t19-,20-,21-,22-,23+,24+,25-,26-,27+,30-,31-,32-,33+,34+,35-/m0/s1. The van der Waals surface area contributed by atoms with Crippen molar-refractivity contribution in [3.8, 4) is 0 Å². The molecule has 1 saturated heterocycles. The summed E-state index contributed by atoms with van der Waals surface area (Å²) < 4.78 is 11.7. The van der Waals surface area contributed by atoms with Crippen molar-refractivity contribution in [3.63, 3.8) is 0 Å². The van der Waals surface area contributed by atoms with Gasteiger partial charge in [-0.1, -0.05) is 39.3 Å². The molecule has 5 fully saturated rings. The molecule has 7 N–H and O–H groups in total. The highest BCUT2D eigenvalue weighted by atomic mass is 16.7.